The van der Waals surface area contributed by atoms with Crippen molar-refractivity contribution in [3.63, 3.8) is 0 Å². The fourth-order valence-corrected chi connectivity index (χ4v) is 5.13. The van der Waals surface area contributed by atoms with Crippen LogP contribution in [0.5, 0.6) is 0 Å². The highest BCUT2D eigenvalue weighted by atomic mass is 16.1. The Labute approximate surface area is 92.6 Å². The Bertz CT molecular complexity index is 296. The van der Waals surface area contributed by atoms with Crippen molar-refractivity contribution in [1.29, 1.82) is 0 Å². The van der Waals surface area contributed by atoms with Gasteiger partial charge in [-0.2, -0.15) is 0 Å². The van der Waals surface area contributed by atoms with Crippen LogP contribution in [0, 0.1) is 29.1 Å². The van der Waals surface area contributed by atoms with Gasteiger partial charge in [0, 0.05) is 5.41 Å². The molecular weight excluding hydrogens is 184 g/mol. The molecule has 15 heavy (non-hydrogen) atoms. The molecule has 3 aliphatic rings. The van der Waals surface area contributed by atoms with Gasteiger partial charge in [0.15, 0.2) is 0 Å². The molecule has 84 valence electrons. The van der Waals surface area contributed by atoms with Crippen LogP contribution in [0.4, 0.5) is 0 Å². The van der Waals surface area contributed by atoms with E-state index < -0.39 is 0 Å². The molecule has 1 heteroatoms. The summed E-state index contributed by atoms with van der Waals surface area (Å²) in [7, 11) is 0. The predicted octanol–water partition coefficient (Wildman–Crippen LogP) is 3.43. The molecule has 0 aromatic rings. The summed E-state index contributed by atoms with van der Waals surface area (Å²) in [5.41, 5.74) is 0.148. The van der Waals surface area contributed by atoms with Crippen LogP contribution in [-0.2, 0) is 4.79 Å². The molecule has 5 unspecified atom stereocenters. The maximum absolute atomic E-state index is 12.1. The number of hydrogen-bond donors (Lipinski definition) is 0. The van der Waals surface area contributed by atoms with Crippen molar-refractivity contribution >= 4 is 5.78 Å². The third-order valence-electron chi connectivity index (χ3n) is 5.79. The highest BCUT2D eigenvalue weighted by Gasteiger charge is 2.61. The summed E-state index contributed by atoms with van der Waals surface area (Å²) < 4.78 is 0. The van der Waals surface area contributed by atoms with Gasteiger partial charge >= 0.3 is 0 Å². The van der Waals surface area contributed by atoms with Gasteiger partial charge in [0.05, 0.1) is 0 Å². The van der Waals surface area contributed by atoms with E-state index in [4.69, 9.17) is 0 Å². The molecule has 0 radical (unpaired) electrons. The quantitative estimate of drug-likeness (QED) is 0.642. The molecule has 1 nitrogen and oxygen atoms in total. The molecule has 0 aliphatic heterocycles. The normalized spacial score (nSPS) is 52.9. The van der Waals surface area contributed by atoms with E-state index >= 15 is 0 Å². The summed E-state index contributed by atoms with van der Waals surface area (Å²) in [6, 6.07) is 0. The van der Waals surface area contributed by atoms with Crippen LogP contribution in [0.2, 0.25) is 0 Å². The van der Waals surface area contributed by atoms with Crippen LogP contribution in [0.1, 0.15) is 52.4 Å². The molecule has 0 N–H and O–H groups in total. The van der Waals surface area contributed by atoms with E-state index in [0.717, 1.165) is 23.7 Å². The number of hydrogen-bond acceptors (Lipinski definition) is 1. The Morgan fingerprint density at radius 1 is 1.20 bits per heavy atom. The highest BCUT2D eigenvalue weighted by molar-refractivity contribution is 5.84. The van der Waals surface area contributed by atoms with Crippen LogP contribution in [0.25, 0.3) is 0 Å². The molecule has 5 atom stereocenters. The second-order valence-corrected chi connectivity index (χ2v) is 6.35. The van der Waals surface area contributed by atoms with Crippen molar-refractivity contribution in [3.05, 3.63) is 0 Å². The van der Waals surface area contributed by atoms with Crippen molar-refractivity contribution < 1.29 is 4.79 Å². The lowest BCUT2D eigenvalue weighted by Gasteiger charge is -2.47. The monoisotopic (exact) mass is 206 g/mol. The fraction of sp³-hybridized carbons (Fsp3) is 0.929. The third kappa shape index (κ3) is 1.13. The minimum absolute atomic E-state index is 0.148. The van der Waals surface area contributed by atoms with Crippen molar-refractivity contribution in [2.24, 2.45) is 29.1 Å². The zero-order valence-corrected chi connectivity index (χ0v) is 9.96. The maximum Gasteiger partial charge on any atom is 0.136 e. The molecule has 3 fully saturated rings. The SMILES string of the molecule is CC(=O)C12CCC(C)CC1C1CCC2C1. The highest BCUT2D eigenvalue weighted by Crippen LogP contribution is 2.65. The summed E-state index contributed by atoms with van der Waals surface area (Å²) in [6.45, 7) is 4.24. The second kappa shape index (κ2) is 3.09. The van der Waals surface area contributed by atoms with E-state index in [1.807, 2.05) is 6.92 Å². The van der Waals surface area contributed by atoms with E-state index in [-0.39, 0.29) is 5.41 Å². The first-order chi connectivity index (χ1) is 7.14. The molecule has 0 saturated heterocycles. The smallest absolute Gasteiger partial charge is 0.136 e. The average Bonchev–Trinajstić information content (AvgIpc) is 2.76. The van der Waals surface area contributed by atoms with Gasteiger partial charge in [-0.25, -0.2) is 0 Å². The zero-order chi connectivity index (χ0) is 10.6. The lowest BCUT2D eigenvalue weighted by molar-refractivity contribution is -0.137. The van der Waals surface area contributed by atoms with Crippen molar-refractivity contribution in [1.82, 2.24) is 0 Å². The third-order valence-corrected chi connectivity index (χ3v) is 5.79. The van der Waals surface area contributed by atoms with Gasteiger partial charge in [-0.05, 0) is 69.1 Å². The van der Waals surface area contributed by atoms with Crippen molar-refractivity contribution in [3.8, 4) is 0 Å². The Kier molecular flexibility index (Phi) is 2.03. The first kappa shape index (κ1) is 9.86. The summed E-state index contributed by atoms with van der Waals surface area (Å²) in [5.74, 6) is 3.81. The Morgan fingerprint density at radius 2 is 2.00 bits per heavy atom. The minimum Gasteiger partial charge on any atom is -0.299 e. The maximum atomic E-state index is 12.1. The minimum atomic E-state index is 0.148. The van der Waals surface area contributed by atoms with Crippen molar-refractivity contribution in [2.75, 3.05) is 0 Å². The first-order valence-electron chi connectivity index (χ1n) is 6.65. The number of carbonyl (C=O) groups excluding carboxylic acids is 1. The standard InChI is InChI=1S/C14H22O/c1-9-5-6-14(10(2)15)12-4-3-11(8-12)13(14)7-9/h9,11-13H,3-8H2,1-2H3. The van der Waals surface area contributed by atoms with Gasteiger partial charge in [0.25, 0.3) is 0 Å². The van der Waals surface area contributed by atoms with Crippen LogP contribution in [0.3, 0.4) is 0 Å². The van der Waals surface area contributed by atoms with Gasteiger partial charge in [-0.3, -0.25) is 4.79 Å². The van der Waals surface area contributed by atoms with Gasteiger partial charge in [-0.15, -0.1) is 0 Å². The van der Waals surface area contributed by atoms with Crippen LogP contribution < -0.4 is 0 Å². The van der Waals surface area contributed by atoms with E-state index in [1.165, 1.54) is 38.5 Å². The summed E-state index contributed by atoms with van der Waals surface area (Å²) in [4.78, 5) is 12.1. The molecule has 3 aliphatic carbocycles. The van der Waals surface area contributed by atoms with Crippen LogP contribution in [0.15, 0.2) is 0 Å². The van der Waals surface area contributed by atoms with Crippen molar-refractivity contribution in [2.45, 2.75) is 52.4 Å². The Balaban J connectivity index is 1.98. The van der Waals surface area contributed by atoms with E-state index in [9.17, 15) is 4.79 Å². The molecule has 0 spiro atoms. The topological polar surface area (TPSA) is 17.1 Å². The largest absolute Gasteiger partial charge is 0.299 e. The predicted molar refractivity (Wildman–Crippen MR) is 60.5 cm³/mol. The van der Waals surface area contributed by atoms with Gasteiger partial charge in [0.2, 0.25) is 0 Å². The first-order valence-corrected chi connectivity index (χ1v) is 6.65. The number of rotatable bonds is 1. The lowest BCUT2D eigenvalue weighted by atomic mass is 9.56. The molecule has 0 heterocycles. The average molecular weight is 206 g/mol. The molecule has 0 amide bonds. The van der Waals surface area contributed by atoms with Crippen LogP contribution in [-0.4, -0.2) is 5.78 Å². The summed E-state index contributed by atoms with van der Waals surface area (Å²) in [6.07, 6.45) is 7.96. The van der Waals surface area contributed by atoms with Crippen LogP contribution >= 0.6 is 0 Å². The number of ketones is 1. The molecule has 2 bridgehead atoms. The van der Waals surface area contributed by atoms with E-state index in [2.05, 4.69) is 6.92 Å². The number of fused-ring (bicyclic) bond motifs is 5. The Morgan fingerprint density at radius 3 is 2.73 bits per heavy atom. The number of Topliss-reactive ketones (excluding diaryl/α,β-unsaturated/α-hetero) is 1. The molecular formula is C14H22O. The zero-order valence-electron chi connectivity index (χ0n) is 9.96. The molecule has 3 rings (SSSR count). The second-order valence-electron chi connectivity index (χ2n) is 6.35. The Hall–Kier alpha value is -0.330. The summed E-state index contributed by atoms with van der Waals surface area (Å²) >= 11 is 0. The molecule has 0 aromatic heterocycles. The van der Waals surface area contributed by atoms with Gasteiger partial charge < -0.3 is 0 Å². The van der Waals surface area contributed by atoms with Gasteiger partial charge in [0.1, 0.15) is 5.78 Å². The lowest BCUT2D eigenvalue weighted by Crippen LogP contribution is -2.45. The van der Waals surface area contributed by atoms with E-state index in [0.29, 0.717) is 5.78 Å². The molecule has 0 aromatic carbocycles. The number of carbonyl (C=O) groups is 1. The summed E-state index contributed by atoms with van der Waals surface area (Å²) in [5, 5.41) is 0. The molecule has 3 saturated carbocycles. The van der Waals surface area contributed by atoms with E-state index in [1.54, 1.807) is 0 Å². The van der Waals surface area contributed by atoms with Gasteiger partial charge in [-0.1, -0.05) is 6.92 Å². The fourth-order valence-electron chi connectivity index (χ4n) is 5.13.